The van der Waals surface area contributed by atoms with Crippen molar-refractivity contribution >= 4 is 12.0 Å². The Labute approximate surface area is 186 Å². The van der Waals surface area contributed by atoms with Gasteiger partial charge in [-0.05, 0) is 52.7 Å². The van der Waals surface area contributed by atoms with E-state index < -0.39 is 5.97 Å². The van der Waals surface area contributed by atoms with E-state index in [1.807, 2.05) is 6.07 Å². The molecule has 31 heavy (non-hydrogen) atoms. The number of carbonyl (C=O) groups is 1. The van der Waals surface area contributed by atoms with Crippen LogP contribution < -0.4 is 4.74 Å². The molecule has 2 rings (SSSR count). The SMILES string of the molecule is CCCCOc1c(-c2cc(C=CC(=O)O)ccc2O)cc(C(C)(C)C)cc1C(C)(C)C. The second-order valence-electron chi connectivity index (χ2n) is 10.1. The third kappa shape index (κ3) is 6.36. The molecule has 2 aromatic rings. The van der Waals surface area contributed by atoms with Crippen molar-refractivity contribution in [3.63, 3.8) is 0 Å². The molecule has 2 N–H and O–H groups in total. The molecule has 0 spiro atoms. The Bertz CT molecular complexity index is 956. The number of phenols is 1. The number of aliphatic carboxylic acids is 1. The van der Waals surface area contributed by atoms with Gasteiger partial charge in [0, 0.05) is 22.8 Å². The molecular weight excluding hydrogens is 388 g/mol. The molecule has 0 atom stereocenters. The molecule has 0 radical (unpaired) electrons. The Kier molecular flexibility index (Phi) is 7.58. The monoisotopic (exact) mass is 424 g/mol. The standard InChI is InChI=1S/C27H36O4/c1-8-9-14-31-25-21(16-19(26(2,3)4)17-22(25)27(5,6)7)20-15-18(10-12-23(20)28)11-13-24(29)30/h10-13,15-17,28H,8-9,14H2,1-7H3,(H,29,30). The number of aromatic hydroxyl groups is 1. The maximum atomic E-state index is 10.9. The number of hydrogen-bond donors (Lipinski definition) is 2. The molecule has 0 unspecified atom stereocenters. The normalized spacial score (nSPS) is 12.4. The minimum Gasteiger partial charge on any atom is -0.507 e. The average Bonchev–Trinajstić information content (AvgIpc) is 2.65. The van der Waals surface area contributed by atoms with Crippen LogP contribution in [0.1, 0.15) is 78.0 Å². The van der Waals surface area contributed by atoms with Crippen LogP contribution in [0.15, 0.2) is 36.4 Å². The highest BCUT2D eigenvalue weighted by atomic mass is 16.5. The quantitative estimate of drug-likeness (QED) is 0.373. The number of carboxylic acids is 1. The minimum atomic E-state index is -1.01. The van der Waals surface area contributed by atoms with Crippen LogP contribution in [-0.4, -0.2) is 22.8 Å². The lowest BCUT2D eigenvalue weighted by Gasteiger charge is -2.29. The summed E-state index contributed by atoms with van der Waals surface area (Å²) in [7, 11) is 0. The first-order valence-corrected chi connectivity index (χ1v) is 10.9. The molecule has 4 nitrogen and oxygen atoms in total. The summed E-state index contributed by atoms with van der Waals surface area (Å²) < 4.78 is 6.33. The Morgan fingerprint density at radius 3 is 2.23 bits per heavy atom. The van der Waals surface area contributed by atoms with Crippen LogP contribution in [0.4, 0.5) is 0 Å². The first kappa shape index (κ1) is 24.5. The van der Waals surface area contributed by atoms with Gasteiger partial charge < -0.3 is 14.9 Å². The van der Waals surface area contributed by atoms with Gasteiger partial charge in [0.25, 0.3) is 0 Å². The zero-order valence-corrected chi connectivity index (χ0v) is 19.9. The summed E-state index contributed by atoms with van der Waals surface area (Å²) >= 11 is 0. The molecule has 0 amide bonds. The number of rotatable bonds is 7. The molecule has 0 aromatic heterocycles. The van der Waals surface area contributed by atoms with E-state index in [4.69, 9.17) is 9.84 Å². The van der Waals surface area contributed by atoms with Crippen molar-refractivity contribution in [1.29, 1.82) is 0 Å². The van der Waals surface area contributed by atoms with Gasteiger partial charge in [0.05, 0.1) is 6.61 Å². The Morgan fingerprint density at radius 1 is 1.00 bits per heavy atom. The van der Waals surface area contributed by atoms with Crippen LogP contribution in [0, 0.1) is 0 Å². The molecule has 2 aromatic carbocycles. The third-order valence-electron chi connectivity index (χ3n) is 5.24. The summed E-state index contributed by atoms with van der Waals surface area (Å²) in [6.07, 6.45) is 4.60. The van der Waals surface area contributed by atoms with E-state index in [1.54, 1.807) is 12.1 Å². The second kappa shape index (κ2) is 9.59. The fourth-order valence-electron chi connectivity index (χ4n) is 3.33. The Balaban J connectivity index is 2.82. The predicted octanol–water partition coefficient (Wildman–Crippen LogP) is 6.93. The van der Waals surface area contributed by atoms with Crippen LogP contribution in [0.3, 0.4) is 0 Å². The molecule has 168 valence electrons. The van der Waals surface area contributed by atoms with Crippen LogP contribution >= 0.6 is 0 Å². The lowest BCUT2D eigenvalue weighted by molar-refractivity contribution is -0.131. The lowest BCUT2D eigenvalue weighted by atomic mass is 9.78. The van der Waals surface area contributed by atoms with Gasteiger partial charge in [-0.3, -0.25) is 0 Å². The number of hydrogen-bond acceptors (Lipinski definition) is 3. The van der Waals surface area contributed by atoms with Gasteiger partial charge in [0.2, 0.25) is 0 Å². The maximum Gasteiger partial charge on any atom is 0.328 e. The van der Waals surface area contributed by atoms with Gasteiger partial charge in [-0.2, -0.15) is 0 Å². The molecule has 4 heteroatoms. The van der Waals surface area contributed by atoms with E-state index in [9.17, 15) is 9.90 Å². The number of carboxylic acid groups (broad SMARTS) is 1. The van der Waals surface area contributed by atoms with Gasteiger partial charge >= 0.3 is 5.97 Å². The molecule has 0 fully saturated rings. The van der Waals surface area contributed by atoms with Crippen molar-refractivity contribution in [2.24, 2.45) is 0 Å². The summed E-state index contributed by atoms with van der Waals surface area (Å²) in [5.74, 6) is -0.0923. The van der Waals surface area contributed by atoms with Crippen LogP contribution in [0.25, 0.3) is 17.2 Å². The van der Waals surface area contributed by atoms with Crippen LogP contribution in [0.5, 0.6) is 11.5 Å². The summed E-state index contributed by atoms with van der Waals surface area (Å²) in [6, 6.07) is 9.43. The number of ether oxygens (including phenoxy) is 1. The van der Waals surface area contributed by atoms with Crippen molar-refractivity contribution < 1.29 is 19.7 Å². The fourth-order valence-corrected chi connectivity index (χ4v) is 3.33. The van der Waals surface area contributed by atoms with Gasteiger partial charge in [-0.1, -0.05) is 67.0 Å². The summed E-state index contributed by atoms with van der Waals surface area (Å²) in [5.41, 5.74) is 4.17. The number of phenolic OH excluding ortho intramolecular Hbond substituents is 1. The Morgan fingerprint density at radius 2 is 1.68 bits per heavy atom. The molecule has 0 heterocycles. The summed E-state index contributed by atoms with van der Waals surface area (Å²) in [5, 5.41) is 19.7. The van der Waals surface area contributed by atoms with Gasteiger partial charge in [0.15, 0.2) is 0 Å². The second-order valence-corrected chi connectivity index (χ2v) is 10.1. The zero-order valence-electron chi connectivity index (χ0n) is 19.9. The highest BCUT2D eigenvalue weighted by Crippen LogP contribution is 2.45. The molecule has 0 aliphatic rings. The highest BCUT2D eigenvalue weighted by molar-refractivity contribution is 5.86. The number of unbranched alkanes of at least 4 members (excludes halogenated alkanes) is 1. The molecule has 0 aliphatic heterocycles. The van der Waals surface area contributed by atoms with Gasteiger partial charge in [-0.15, -0.1) is 0 Å². The van der Waals surface area contributed by atoms with E-state index >= 15 is 0 Å². The summed E-state index contributed by atoms with van der Waals surface area (Å²) in [4.78, 5) is 10.9. The van der Waals surface area contributed by atoms with Crippen molar-refractivity contribution in [3.05, 3.63) is 53.1 Å². The topological polar surface area (TPSA) is 66.8 Å². The van der Waals surface area contributed by atoms with Crippen molar-refractivity contribution in [1.82, 2.24) is 0 Å². The lowest BCUT2D eigenvalue weighted by Crippen LogP contribution is -2.19. The molecule has 0 bridgehead atoms. The van der Waals surface area contributed by atoms with E-state index in [0.717, 1.165) is 41.4 Å². The Hall–Kier alpha value is -2.75. The van der Waals surface area contributed by atoms with Crippen LogP contribution in [-0.2, 0) is 15.6 Å². The molecule has 0 saturated heterocycles. The van der Waals surface area contributed by atoms with Gasteiger partial charge in [-0.25, -0.2) is 4.79 Å². The summed E-state index contributed by atoms with van der Waals surface area (Å²) in [6.45, 7) is 15.7. The van der Waals surface area contributed by atoms with Gasteiger partial charge in [0.1, 0.15) is 11.5 Å². The molecule has 0 aliphatic carbocycles. The first-order chi connectivity index (χ1) is 14.3. The minimum absolute atomic E-state index is 0.0901. The fraction of sp³-hybridized carbons (Fsp3) is 0.444. The van der Waals surface area contributed by atoms with E-state index in [0.29, 0.717) is 17.7 Å². The van der Waals surface area contributed by atoms with Crippen molar-refractivity contribution in [2.45, 2.75) is 72.1 Å². The first-order valence-electron chi connectivity index (χ1n) is 10.9. The molecule has 0 saturated carbocycles. The maximum absolute atomic E-state index is 10.9. The van der Waals surface area contributed by atoms with E-state index in [-0.39, 0.29) is 16.6 Å². The smallest absolute Gasteiger partial charge is 0.328 e. The van der Waals surface area contributed by atoms with E-state index in [2.05, 4.69) is 60.6 Å². The zero-order chi connectivity index (χ0) is 23.4. The van der Waals surface area contributed by atoms with Crippen LogP contribution in [0.2, 0.25) is 0 Å². The van der Waals surface area contributed by atoms with E-state index in [1.165, 1.54) is 6.08 Å². The largest absolute Gasteiger partial charge is 0.507 e. The predicted molar refractivity (Wildman–Crippen MR) is 128 cm³/mol. The number of benzene rings is 2. The average molecular weight is 425 g/mol. The third-order valence-corrected chi connectivity index (χ3v) is 5.24. The van der Waals surface area contributed by atoms with Crippen molar-refractivity contribution in [2.75, 3.05) is 6.61 Å². The molecular formula is C27H36O4. The highest BCUT2D eigenvalue weighted by Gasteiger charge is 2.27. The van der Waals surface area contributed by atoms with Crippen molar-refractivity contribution in [3.8, 4) is 22.6 Å².